The molecule has 0 saturated carbocycles. The van der Waals surface area contributed by atoms with Crippen LogP contribution in [0.5, 0.6) is 0 Å². The Hall–Kier alpha value is -3.39. The topological polar surface area (TPSA) is 74.9 Å². The molecule has 0 bridgehead atoms. The Morgan fingerprint density at radius 3 is 2.58 bits per heavy atom. The van der Waals surface area contributed by atoms with Crippen LogP contribution in [0.3, 0.4) is 0 Å². The van der Waals surface area contributed by atoms with E-state index in [1.165, 1.54) is 10.6 Å². The Labute approximate surface area is 138 Å². The Morgan fingerprint density at radius 1 is 1.17 bits per heavy atom. The molecule has 0 aliphatic heterocycles. The fraction of sp³-hybridized carbons (Fsp3) is 0.105. The third-order valence-electron chi connectivity index (χ3n) is 3.93. The molecule has 0 unspecified atom stereocenters. The number of carbonyl (C=O) groups is 1. The van der Waals surface area contributed by atoms with Crippen LogP contribution < -0.4 is 10.9 Å². The van der Waals surface area contributed by atoms with Gasteiger partial charge in [0.05, 0.1) is 22.7 Å². The molecular weight excluding hydrogens is 302 g/mol. The van der Waals surface area contributed by atoms with E-state index in [4.69, 9.17) is 5.26 Å². The number of fused-ring (bicyclic) bond motifs is 1. The minimum absolute atomic E-state index is 0.225. The molecular formula is C19H15N3O2. The van der Waals surface area contributed by atoms with E-state index in [1.807, 2.05) is 24.3 Å². The first-order chi connectivity index (χ1) is 11.6. The van der Waals surface area contributed by atoms with E-state index in [0.717, 1.165) is 10.9 Å². The van der Waals surface area contributed by atoms with Gasteiger partial charge >= 0.3 is 0 Å². The monoisotopic (exact) mass is 317 g/mol. The number of pyridine rings is 1. The highest BCUT2D eigenvalue weighted by Crippen LogP contribution is 2.16. The summed E-state index contributed by atoms with van der Waals surface area (Å²) in [5, 5.41) is 12.3. The highest BCUT2D eigenvalue weighted by molar-refractivity contribution is 6.06. The summed E-state index contributed by atoms with van der Waals surface area (Å²) in [5.74, 6) is -0.298. The zero-order valence-corrected chi connectivity index (χ0v) is 13.1. The van der Waals surface area contributed by atoms with Crippen LogP contribution in [-0.4, -0.2) is 10.5 Å². The van der Waals surface area contributed by atoms with Crippen molar-refractivity contribution >= 4 is 16.8 Å². The lowest BCUT2D eigenvalue weighted by Crippen LogP contribution is -2.26. The summed E-state index contributed by atoms with van der Waals surface area (Å²) in [5.41, 5.74) is 2.31. The van der Waals surface area contributed by atoms with Gasteiger partial charge in [0.15, 0.2) is 0 Å². The molecule has 0 saturated heterocycles. The smallest absolute Gasteiger partial charge is 0.252 e. The van der Waals surface area contributed by atoms with E-state index in [1.54, 1.807) is 31.3 Å². The van der Waals surface area contributed by atoms with Crippen LogP contribution in [0.25, 0.3) is 10.9 Å². The van der Waals surface area contributed by atoms with Crippen molar-refractivity contribution < 1.29 is 4.79 Å². The second kappa shape index (κ2) is 6.39. The average molecular weight is 317 g/mol. The van der Waals surface area contributed by atoms with E-state index in [9.17, 15) is 9.59 Å². The largest absolute Gasteiger partial charge is 0.348 e. The molecule has 3 aromatic rings. The molecule has 5 nitrogen and oxygen atoms in total. The van der Waals surface area contributed by atoms with Gasteiger partial charge in [-0.25, -0.2) is 0 Å². The number of aromatic nitrogens is 1. The van der Waals surface area contributed by atoms with Crippen molar-refractivity contribution in [2.45, 2.75) is 6.54 Å². The molecule has 1 N–H and O–H groups in total. The maximum Gasteiger partial charge on any atom is 0.252 e. The number of rotatable bonds is 3. The van der Waals surface area contributed by atoms with Crippen LogP contribution in [0.2, 0.25) is 0 Å². The molecule has 0 aliphatic rings. The van der Waals surface area contributed by atoms with Gasteiger partial charge in [0, 0.05) is 25.0 Å². The van der Waals surface area contributed by atoms with Crippen molar-refractivity contribution in [2.75, 3.05) is 0 Å². The first kappa shape index (κ1) is 15.5. The number of carbonyl (C=O) groups excluding carboxylic acids is 1. The summed E-state index contributed by atoms with van der Waals surface area (Å²) in [6.07, 6.45) is 0. The van der Waals surface area contributed by atoms with Crippen LogP contribution >= 0.6 is 0 Å². The Morgan fingerprint density at radius 2 is 1.88 bits per heavy atom. The van der Waals surface area contributed by atoms with Crippen molar-refractivity contribution in [2.24, 2.45) is 7.05 Å². The molecule has 2 aromatic carbocycles. The van der Waals surface area contributed by atoms with E-state index >= 15 is 0 Å². The number of hydrogen-bond acceptors (Lipinski definition) is 3. The van der Waals surface area contributed by atoms with E-state index < -0.39 is 0 Å². The molecule has 1 aromatic heterocycles. The van der Waals surface area contributed by atoms with E-state index in [-0.39, 0.29) is 11.5 Å². The molecule has 118 valence electrons. The van der Waals surface area contributed by atoms with Crippen molar-refractivity contribution in [3.8, 4) is 6.07 Å². The lowest BCUT2D eigenvalue weighted by molar-refractivity contribution is 0.0952. The van der Waals surface area contributed by atoms with Crippen molar-refractivity contribution in [3.05, 3.63) is 81.6 Å². The zero-order chi connectivity index (χ0) is 17.1. The minimum Gasteiger partial charge on any atom is -0.348 e. The summed E-state index contributed by atoms with van der Waals surface area (Å²) in [6, 6.07) is 17.7. The second-order valence-corrected chi connectivity index (χ2v) is 5.46. The summed E-state index contributed by atoms with van der Waals surface area (Å²) in [7, 11) is 1.68. The first-order valence-electron chi connectivity index (χ1n) is 7.46. The molecule has 0 aliphatic carbocycles. The summed E-state index contributed by atoms with van der Waals surface area (Å²) in [6.45, 7) is 0.327. The van der Waals surface area contributed by atoms with Crippen LogP contribution in [-0.2, 0) is 13.6 Å². The fourth-order valence-corrected chi connectivity index (χ4v) is 2.57. The standard InChI is InChI=1S/C19H15N3O2/c1-22-17-5-3-2-4-15(17)16(10-18(22)23)19(24)21-12-14-8-6-13(11-20)7-9-14/h2-10H,12H2,1H3,(H,21,24). The average Bonchev–Trinajstić information content (AvgIpc) is 2.63. The van der Waals surface area contributed by atoms with Crippen LogP contribution in [0.15, 0.2) is 59.4 Å². The number of benzene rings is 2. The summed E-state index contributed by atoms with van der Waals surface area (Å²) in [4.78, 5) is 24.6. The number of nitrogens with one attached hydrogen (secondary N) is 1. The quantitative estimate of drug-likeness (QED) is 0.805. The Balaban J connectivity index is 1.87. The molecule has 0 spiro atoms. The normalized spacial score (nSPS) is 10.3. The third-order valence-corrected chi connectivity index (χ3v) is 3.93. The predicted octanol–water partition coefficient (Wildman–Crippen LogP) is 2.34. The number of aryl methyl sites for hydroxylation is 1. The van der Waals surface area contributed by atoms with Crippen molar-refractivity contribution in [3.63, 3.8) is 0 Å². The number of nitrogens with zero attached hydrogens (tertiary/aromatic N) is 2. The fourth-order valence-electron chi connectivity index (χ4n) is 2.57. The molecule has 24 heavy (non-hydrogen) atoms. The van der Waals surface area contributed by atoms with Crippen LogP contribution in [0.1, 0.15) is 21.5 Å². The van der Waals surface area contributed by atoms with Crippen LogP contribution in [0.4, 0.5) is 0 Å². The van der Waals surface area contributed by atoms with Gasteiger partial charge < -0.3 is 9.88 Å². The highest BCUT2D eigenvalue weighted by Gasteiger charge is 2.13. The SMILES string of the molecule is Cn1c(=O)cc(C(=O)NCc2ccc(C#N)cc2)c2ccccc21. The molecule has 3 rings (SSSR count). The lowest BCUT2D eigenvalue weighted by Gasteiger charge is -2.10. The van der Waals surface area contributed by atoms with Gasteiger partial charge in [-0.2, -0.15) is 5.26 Å². The summed E-state index contributed by atoms with van der Waals surface area (Å²) < 4.78 is 1.52. The van der Waals surface area contributed by atoms with Gasteiger partial charge in [-0.1, -0.05) is 30.3 Å². The van der Waals surface area contributed by atoms with Crippen LogP contribution in [0, 0.1) is 11.3 Å². The predicted molar refractivity (Wildman–Crippen MR) is 91.5 cm³/mol. The molecule has 5 heteroatoms. The Bertz CT molecular complexity index is 1010. The van der Waals surface area contributed by atoms with Crippen molar-refractivity contribution in [1.29, 1.82) is 5.26 Å². The third kappa shape index (κ3) is 2.90. The number of para-hydroxylation sites is 1. The second-order valence-electron chi connectivity index (χ2n) is 5.46. The maximum atomic E-state index is 12.5. The maximum absolute atomic E-state index is 12.5. The zero-order valence-electron chi connectivity index (χ0n) is 13.1. The van der Waals surface area contributed by atoms with Gasteiger partial charge in [-0.05, 0) is 23.8 Å². The minimum atomic E-state index is -0.298. The van der Waals surface area contributed by atoms with E-state index in [0.29, 0.717) is 23.2 Å². The molecule has 1 heterocycles. The number of hydrogen-bond donors (Lipinski definition) is 1. The first-order valence-corrected chi connectivity index (χ1v) is 7.46. The molecule has 0 atom stereocenters. The van der Waals surface area contributed by atoms with Gasteiger partial charge in [-0.15, -0.1) is 0 Å². The summed E-state index contributed by atoms with van der Waals surface area (Å²) >= 11 is 0. The van der Waals surface area contributed by atoms with Gasteiger partial charge in [-0.3, -0.25) is 9.59 Å². The lowest BCUT2D eigenvalue weighted by atomic mass is 10.1. The molecule has 0 radical (unpaired) electrons. The van der Waals surface area contributed by atoms with Gasteiger partial charge in [0.2, 0.25) is 0 Å². The Kier molecular flexibility index (Phi) is 4.13. The number of nitriles is 1. The number of amides is 1. The highest BCUT2D eigenvalue weighted by atomic mass is 16.2. The molecule has 0 fully saturated rings. The van der Waals surface area contributed by atoms with Gasteiger partial charge in [0.1, 0.15) is 0 Å². The van der Waals surface area contributed by atoms with Gasteiger partial charge in [0.25, 0.3) is 11.5 Å². The van der Waals surface area contributed by atoms with Crippen molar-refractivity contribution in [1.82, 2.24) is 9.88 Å². The molecule has 1 amide bonds. The van der Waals surface area contributed by atoms with E-state index in [2.05, 4.69) is 11.4 Å².